The van der Waals surface area contributed by atoms with Crippen molar-refractivity contribution in [3.63, 3.8) is 0 Å². The van der Waals surface area contributed by atoms with E-state index in [2.05, 4.69) is 20.8 Å². The number of hydrogen-bond donors (Lipinski definition) is 2. The van der Waals surface area contributed by atoms with Gasteiger partial charge in [-0.2, -0.15) is 0 Å². The number of carboxylic acids is 2. The number of unbranched alkanes of at least 4 members (excludes halogenated alkanes) is 9. The molecule has 0 radical (unpaired) electrons. The van der Waals surface area contributed by atoms with Gasteiger partial charge in [0.25, 0.3) is 0 Å². The molecule has 2 N–H and O–H groups in total. The summed E-state index contributed by atoms with van der Waals surface area (Å²) < 4.78 is 0. The first-order chi connectivity index (χ1) is 13.4. The summed E-state index contributed by atoms with van der Waals surface area (Å²) in [6, 6.07) is 0. The van der Waals surface area contributed by atoms with Crippen LogP contribution in [0.1, 0.15) is 130 Å². The molecule has 28 heavy (non-hydrogen) atoms. The summed E-state index contributed by atoms with van der Waals surface area (Å²) >= 11 is 0. The first-order valence-corrected chi connectivity index (χ1v) is 11.9. The molecular weight excluding hydrogens is 352 g/mol. The van der Waals surface area contributed by atoms with Crippen molar-refractivity contribution >= 4 is 11.9 Å². The van der Waals surface area contributed by atoms with Crippen molar-refractivity contribution in [3.8, 4) is 0 Å². The molecule has 0 saturated heterocycles. The fourth-order valence-corrected chi connectivity index (χ4v) is 4.77. The Balaban J connectivity index is 3.97. The molecule has 1 atom stereocenters. The monoisotopic (exact) mass is 398 g/mol. The maximum absolute atomic E-state index is 12.1. The zero-order valence-corrected chi connectivity index (χ0v) is 18.8. The van der Waals surface area contributed by atoms with Crippen LogP contribution in [0.3, 0.4) is 0 Å². The van der Waals surface area contributed by atoms with Gasteiger partial charge in [0.1, 0.15) is 0 Å². The lowest BCUT2D eigenvalue weighted by molar-refractivity contribution is -0.154. The molecule has 0 fully saturated rings. The molecule has 0 spiro atoms. The van der Waals surface area contributed by atoms with Crippen molar-refractivity contribution in [2.24, 2.45) is 11.3 Å². The van der Waals surface area contributed by atoms with Crippen LogP contribution >= 0.6 is 0 Å². The van der Waals surface area contributed by atoms with Crippen LogP contribution in [0, 0.1) is 11.3 Å². The van der Waals surface area contributed by atoms with E-state index in [4.69, 9.17) is 5.11 Å². The van der Waals surface area contributed by atoms with Gasteiger partial charge in [0.05, 0.1) is 5.41 Å². The van der Waals surface area contributed by atoms with Crippen molar-refractivity contribution in [3.05, 3.63) is 0 Å². The van der Waals surface area contributed by atoms with Crippen molar-refractivity contribution < 1.29 is 19.8 Å². The minimum atomic E-state index is -0.685. The normalized spacial score (nSPS) is 12.8. The minimum Gasteiger partial charge on any atom is -0.481 e. The molecule has 166 valence electrons. The smallest absolute Gasteiger partial charge is 0.309 e. The lowest BCUT2D eigenvalue weighted by atomic mass is 9.66. The third-order valence-electron chi connectivity index (χ3n) is 6.29. The Kier molecular flexibility index (Phi) is 16.2. The van der Waals surface area contributed by atoms with Crippen LogP contribution in [-0.2, 0) is 9.59 Å². The highest BCUT2D eigenvalue weighted by Crippen LogP contribution is 2.42. The van der Waals surface area contributed by atoms with E-state index in [0.717, 1.165) is 64.2 Å². The number of carbonyl (C=O) groups is 2. The van der Waals surface area contributed by atoms with Gasteiger partial charge in [-0.25, -0.2) is 0 Å². The molecular formula is C24H46O4. The molecule has 0 saturated carbocycles. The maximum atomic E-state index is 12.1. The van der Waals surface area contributed by atoms with Crippen molar-refractivity contribution in [1.29, 1.82) is 0 Å². The van der Waals surface area contributed by atoms with Crippen molar-refractivity contribution in [1.82, 2.24) is 0 Å². The van der Waals surface area contributed by atoms with Crippen LogP contribution in [-0.4, -0.2) is 22.2 Å². The highest BCUT2D eigenvalue weighted by molar-refractivity contribution is 5.75. The standard InChI is InChI=1S/C24H46O4/c1-4-19-24(20-5-2,23(27)28)21(6-3)17-15-13-11-9-7-8-10-12-14-16-18-22(25)26/h21H,4-20H2,1-3H3,(H,25,26)(H,27,28). The Bertz CT molecular complexity index is 399. The summed E-state index contributed by atoms with van der Waals surface area (Å²) in [6.07, 6.45) is 17.4. The summed E-state index contributed by atoms with van der Waals surface area (Å²) in [5, 5.41) is 18.6. The van der Waals surface area contributed by atoms with Gasteiger partial charge in [-0.05, 0) is 31.6 Å². The molecule has 0 aromatic rings. The lowest BCUT2D eigenvalue weighted by Gasteiger charge is -2.37. The van der Waals surface area contributed by atoms with Crippen molar-refractivity contribution in [2.45, 2.75) is 130 Å². The van der Waals surface area contributed by atoms with E-state index in [9.17, 15) is 14.7 Å². The van der Waals surface area contributed by atoms with Gasteiger partial charge in [0.15, 0.2) is 0 Å². The fourth-order valence-electron chi connectivity index (χ4n) is 4.77. The summed E-state index contributed by atoms with van der Waals surface area (Å²) in [4.78, 5) is 22.6. The zero-order valence-electron chi connectivity index (χ0n) is 18.8. The Morgan fingerprint density at radius 2 is 1.14 bits per heavy atom. The fraction of sp³-hybridized carbons (Fsp3) is 0.917. The summed E-state index contributed by atoms with van der Waals surface area (Å²) in [5.41, 5.74) is -0.515. The van der Waals surface area contributed by atoms with Gasteiger partial charge < -0.3 is 10.2 Å². The molecule has 0 aromatic carbocycles. The molecule has 0 heterocycles. The third-order valence-corrected chi connectivity index (χ3v) is 6.29. The average molecular weight is 399 g/mol. The Morgan fingerprint density at radius 3 is 1.50 bits per heavy atom. The van der Waals surface area contributed by atoms with Crippen LogP contribution < -0.4 is 0 Å². The Morgan fingerprint density at radius 1 is 0.714 bits per heavy atom. The average Bonchev–Trinajstić information content (AvgIpc) is 2.65. The number of rotatable bonds is 20. The van der Waals surface area contributed by atoms with Crippen LogP contribution in [0.5, 0.6) is 0 Å². The van der Waals surface area contributed by atoms with Gasteiger partial charge in [0, 0.05) is 6.42 Å². The largest absolute Gasteiger partial charge is 0.481 e. The maximum Gasteiger partial charge on any atom is 0.309 e. The van der Waals surface area contributed by atoms with Crippen LogP contribution in [0.15, 0.2) is 0 Å². The molecule has 0 amide bonds. The highest BCUT2D eigenvalue weighted by atomic mass is 16.4. The Labute approximate surface area is 173 Å². The highest BCUT2D eigenvalue weighted by Gasteiger charge is 2.42. The SMILES string of the molecule is CCCC(CCC)(C(=O)O)C(CC)CCCCCCCCCCCCC(=O)O. The molecule has 0 bridgehead atoms. The minimum absolute atomic E-state index is 0.302. The van der Waals surface area contributed by atoms with Gasteiger partial charge in [-0.1, -0.05) is 97.8 Å². The zero-order chi connectivity index (χ0) is 21.3. The topological polar surface area (TPSA) is 74.6 Å². The van der Waals surface area contributed by atoms with Crippen LogP contribution in [0.25, 0.3) is 0 Å². The first kappa shape index (κ1) is 26.9. The van der Waals surface area contributed by atoms with E-state index >= 15 is 0 Å². The second kappa shape index (κ2) is 16.9. The van der Waals surface area contributed by atoms with Gasteiger partial charge in [0.2, 0.25) is 0 Å². The summed E-state index contributed by atoms with van der Waals surface area (Å²) in [5.74, 6) is -0.961. The predicted molar refractivity (Wildman–Crippen MR) is 117 cm³/mol. The molecule has 4 heteroatoms. The summed E-state index contributed by atoms with van der Waals surface area (Å²) in [6.45, 7) is 6.36. The van der Waals surface area contributed by atoms with Crippen molar-refractivity contribution in [2.75, 3.05) is 0 Å². The second-order valence-electron chi connectivity index (χ2n) is 8.53. The van der Waals surface area contributed by atoms with Crippen LogP contribution in [0.2, 0.25) is 0 Å². The van der Waals surface area contributed by atoms with Gasteiger partial charge in [-0.15, -0.1) is 0 Å². The van der Waals surface area contributed by atoms with E-state index < -0.39 is 17.4 Å². The Hall–Kier alpha value is -1.06. The predicted octanol–water partition coefficient (Wildman–Crippen LogP) is 7.45. The van der Waals surface area contributed by atoms with Crippen LogP contribution in [0.4, 0.5) is 0 Å². The number of carboxylic acid groups (broad SMARTS) is 2. The summed E-state index contributed by atoms with van der Waals surface area (Å²) in [7, 11) is 0. The molecule has 0 aromatic heterocycles. The molecule has 1 unspecified atom stereocenters. The van der Waals surface area contributed by atoms with Gasteiger partial charge in [-0.3, -0.25) is 9.59 Å². The van der Waals surface area contributed by atoms with E-state index in [1.807, 2.05) is 0 Å². The number of hydrogen-bond acceptors (Lipinski definition) is 2. The quantitative estimate of drug-likeness (QED) is 0.209. The number of aliphatic carboxylic acids is 2. The molecule has 0 aliphatic rings. The third kappa shape index (κ3) is 11.1. The van der Waals surface area contributed by atoms with E-state index in [1.54, 1.807) is 0 Å². The lowest BCUT2D eigenvalue weighted by Crippen LogP contribution is -2.38. The van der Waals surface area contributed by atoms with Gasteiger partial charge >= 0.3 is 11.9 Å². The van der Waals surface area contributed by atoms with E-state index in [1.165, 1.54) is 38.5 Å². The molecule has 4 nitrogen and oxygen atoms in total. The second-order valence-corrected chi connectivity index (χ2v) is 8.53. The molecule has 0 aliphatic carbocycles. The van der Waals surface area contributed by atoms with E-state index in [-0.39, 0.29) is 0 Å². The molecule has 0 rings (SSSR count). The van der Waals surface area contributed by atoms with E-state index in [0.29, 0.717) is 12.3 Å². The molecule has 0 aliphatic heterocycles. The first-order valence-electron chi connectivity index (χ1n) is 11.9.